The molecule has 2 atom stereocenters. The van der Waals surface area contributed by atoms with Gasteiger partial charge in [-0.3, -0.25) is 4.79 Å². The van der Waals surface area contributed by atoms with Gasteiger partial charge in [0.2, 0.25) is 5.91 Å². The Morgan fingerprint density at radius 3 is 2.06 bits per heavy atom. The molecule has 2 aromatic carbocycles. The Bertz CT molecular complexity index is 904. The second kappa shape index (κ2) is 13.3. The summed E-state index contributed by atoms with van der Waals surface area (Å²) in [5.74, 6) is 1.00. The SMILES string of the molecule is CCC(C)[C@H](N)C(=O)N1CCC(N(CCC(C)C)c2ccc(CCc3ccc(Cl)cc3)cc2)CC1. The Balaban J connectivity index is 1.62. The molecule has 1 fully saturated rings. The maximum absolute atomic E-state index is 12.9. The number of benzene rings is 2. The van der Waals surface area contributed by atoms with Crippen molar-refractivity contribution in [2.24, 2.45) is 17.6 Å². The number of anilines is 1. The van der Waals surface area contributed by atoms with Crippen LogP contribution in [-0.4, -0.2) is 42.5 Å². The van der Waals surface area contributed by atoms with Gasteiger partial charge in [-0.05, 0) is 79.3 Å². The van der Waals surface area contributed by atoms with Gasteiger partial charge in [0.25, 0.3) is 0 Å². The maximum atomic E-state index is 12.9. The zero-order chi connectivity index (χ0) is 25.4. The second-order valence-corrected chi connectivity index (χ2v) is 11.1. The number of piperidine rings is 1. The van der Waals surface area contributed by atoms with E-state index in [9.17, 15) is 4.79 Å². The van der Waals surface area contributed by atoms with Crippen LogP contribution in [-0.2, 0) is 17.6 Å². The molecule has 192 valence electrons. The molecule has 1 heterocycles. The quantitative estimate of drug-likeness (QED) is 0.394. The van der Waals surface area contributed by atoms with E-state index in [4.69, 9.17) is 17.3 Å². The highest BCUT2D eigenvalue weighted by molar-refractivity contribution is 6.30. The Hall–Kier alpha value is -2.04. The van der Waals surface area contributed by atoms with E-state index in [1.807, 2.05) is 17.0 Å². The summed E-state index contributed by atoms with van der Waals surface area (Å²) in [6, 6.07) is 17.3. The van der Waals surface area contributed by atoms with E-state index in [0.717, 1.165) is 63.2 Å². The summed E-state index contributed by atoms with van der Waals surface area (Å²) in [6.07, 6.45) is 6.12. The van der Waals surface area contributed by atoms with E-state index in [1.165, 1.54) is 16.8 Å². The molecule has 3 rings (SSSR count). The first-order valence-corrected chi connectivity index (χ1v) is 13.8. The predicted octanol–water partition coefficient (Wildman–Crippen LogP) is 6.34. The largest absolute Gasteiger partial charge is 0.368 e. The number of hydrogen-bond donors (Lipinski definition) is 1. The predicted molar refractivity (Wildman–Crippen MR) is 149 cm³/mol. The fourth-order valence-corrected chi connectivity index (χ4v) is 4.95. The Morgan fingerprint density at radius 1 is 1.00 bits per heavy atom. The van der Waals surface area contributed by atoms with Crippen LogP contribution in [0.4, 0.5) is 5.69 Å². The summed E-state index contributed by atoms with van der Waals surface area (Å²) in [5, 5.41) is 0.785. The van der Waals surface area contributed by atoms with Gasteiger partial charge in [0, 0.05) is 36.4 Å². The van der Waals surface area contributed by atoms with Crippen LogP contribution in [0.5, 0.6) is 0 Å². The van der Waals surface area contributed by atoms with E-state index >= 15 is 0 Å². The Kier molecular flexibility index (Phi) is 10.5. The molecular weight excluding hydrogens is 454 g/mol. The topological polar surface area (TPSA) is 49.6 Å². The lowest BCUT2D eigenvalue weighted by atomic mass is 9.96. The zero-order valence-electron chi connectivity index (χ0n) is 22.1. The molecule has 0 aliphatic carbocycles. The first kappa shape index (κ1) is 27.5. The van der Waals surface area contributed by atoms with E-state index in [2.05, 4.69) is 69.0 Å². The van der Waals surface area contributed by atoms with Crippen molar-refractivity contribution < 1.29 is 4.79 Å². The smallest absolute Gasteiger partial charge is 0.239 e. The van der Waals surface area contributed by atoms with Gasteiger partial charge in [0.15, 0.2) is 0 Å². The third kappa shape index (κ3) is 7.98. The van der Waals surface area contributed by atoms with Crippen molar-refractivity contribution in [2.45, 2.75) is 78.3 Å². The van der Waals surface area contributed by atoms with Crippen LogP contribution in [0.15, 0.2) is 48.5 Å². The van der Waals surface area contributed by atoms with Crippen LogP contribution in [0.1, 0.15) is 64.5 Å². The molecule has 5 heteroatoms. The number of carbonyl (C=O) groups excluding carboxylic acids is 1. The van der Waals surface area contributed by atoms with Crippen LogP contribution < -0.4 is 10.6 Å². The molecule has 1 aliphatic rings. The first-order chi connectivity index (χ1) is 16.8. The number of nitrogens with zero attached hydrogens (tertiary/aromatic N) is 2. The van der Waals surface area contributed by atoms with Crippen molar-refractivity contribution in [1.29, 1.82) is 0 Å². The van der Waals surface area contributed by atoms with Crippen LogP contribution in [0.2, 0.25) is 5.02 Å². The second-order valence-electron chi connectivity index (χ2n) is 10.6. The van der Waals surface area contributed by atoms with Crippen molar-refractivity contribution in [1.82, 2.24) is 4.90 Å². The van der Waals surface area contributed by atoms with Gasteiger partial charge in [-0.1, -0.05) is 70.0 Å². The van der Waals surface area contributed by atoms with E-state index in [0.29, 0.717) is 12.0 Å². The lowest BCUT2D eigenvalue weighted by Crippen LogP contribution is -2.52. The lowest BCUT2D eigenvalue weighted by Gasteiger charge is -2.41. The molecule has 1 unspecified atom stereocenters. The van der Waals surface area contributed by atoms with Crippen molar-refractivity contribution in [3.05, 3.63) is 64.7 Å². The van der Waals surface area contributed by atoms with E-state index < -0.39 is 0 Å². The van der Waals surface area contributed by atoms with Gasteiger partial charge >= 0.3 is 0 Å². The molecule has 1 saturated heterocycles. The molecule has 1 aliphatic heterocycles. The monoisotopic (exact) mass is 497 g/mol. The average molecular weight is 498 g/mol. The minimum atomic E-state index is -0.381. The van der Waals surface area contributed by atoms with Crippen molar-refractivity contribution in [3.63, 3.8) is 0 Å². The molecule has 0 spiro atoms. The van der Waals surface area contributed by atoms with Crippen LogP contribution in [0.3, 0.4) is 0 Å². The fraction of sp³-hybridized carbons (Fsp3) is 0.567. The molecule has 0 saturated carbocycles. The molecule has 0 radical (unpaired) electrons. The summed E-state index contributed by atoms with van der Waals surface area (Å²) in [6.45, 7) is 11.4. The highest BCUT2D eigenvalue weighted by Gasteiger charge is 2.30. The Morgan fingerprint density at radius 2 is 1.54 bits per heavy atom. The van der Waals surface area contributed by atoms with Gasteiger partial charge in [0.1, 0.15) is 0 Å². The highest BCUT2D eigenvalue weighted by Crippen LogP contribution is 2.26. The molecule has 0 bridgehead atoms. The molecule has 0 aromatic heterocycles. The lowest BCUT2D eigenvalue weighted by molar-refractivity contribution is -0.134. The minimum absolute atomic E-state index is 0.122. The summed E-state index contributed by atoms with van der Waals surface area (Å²) in [7, 11) is 0. The van der Waals surface area contributed by atoms with Gasteiger partial charge in [-0.15, -0.1) is 0 Å². The number of carbonyl (C=O) groups is 1. The molecule has 1 amide bonds. The summed E-state index contributed by atoms with van der Waals surface area (Å²) in [4.78, 5) is 17.4. The maximum Gasteiger partial charge on any atom is 0.239 e. The third-order valence-electron chi connectivity index (χ3n) is 7.59. The summed E-state index contributed by atoms with van der Waals surface area (Å²) in [5.41, 5.74) is 10.2. The van der Waals surface area contributed by atoms with Crippen LogP contribution in [0, 0.1) is 11.8 Å². The van der Waals surface area contributed by atoms with Crippen molar-refractivity contribution >= 4 is 23.2 Å². The average Bonchev–Trinajstić information content (AvgIpc) is 2.88. The third-order valence-corrected chi connectivity index (χ3v) is 7.84. The normalized spacial score (nSPS) is 16.4. The molecule has 2 aromatic rings. The van der Waals surface area contributed by atoms with E-state index in [1.54, 1.807) is 0 Å². The number of halogens is 1. The molecule has 4 nitrogen and oxygen atoms in total. The molecule has 35 heavy (non-hydrogen) atoms. The number of likely N-dealkylation sites (tertiary alicyclic amines) is 1. The van der Waals surface area contributed by atoms with Crippen molar-refractivity contribution in [3.8, 4) is 0 Å². The van der Waals surface area contributed by atoms with Gasteiger partial charge in [-0.25, -0.2) is 0 Å². The standard InChI is InChI=1S/C30H44ClN3O/c1-5-23(4)29(32)30(35)33-19-17-28(18-20-33)34(21-16-22(2)3)27-14-10-25(11-15-27)7-6-24-8-12-26(31)13-9-24/h8-15,22-23,28-29H,5-7,16-21,32H2,1-4H3/t23?,29-/m0/s1. The Labute approximate surface area is 217 Å². The fourth-order valence-electron chi connectivity index (χ4n) is 4.82. The number of amides is 1. The molecular formula is C30H44ClN3O. The minimum Gasteiger partial charge on any atom is -0.368 e. The van der Waals surface area contributed by atoms with E-state index in [-0.39, 0.29) is 17.9 Å². The van der Waals surface area contributed by atoms with Gasteiger partial charge in [-0.2, -0.15) is 0 Å². The van der Waals surface area contributed by atoms with Crippen LogP contribution >= 0.6 is 11.6 Å². The van der Waals surface area contributed by atoms with Gasteiger partial charge < -0.3 is 15.5 Å². The zero-order valence-corrected chi connectivity index (χ0v) is 22.8. The first-order valence-electron chi connectivity index (χ1n) is 13.4. The summed E-state index contributed by atoms with van der Waals surface area (Å²) < 4.78 is 0. The molecule has 2 N–H and O–H groups in total. The highest BCUT2D eigenvalue weighted by atomic mass is 35.5. The van der Waals surface area contributed by atoms with Crippen molar-refractivity contribution in [2.75, 3.05) is 24.5 Å². The number of aryl methyl sites for hydroxylation is 2. The number of nitrogens with two attached hydrogens (primary N) is 1. The number of rotatable bonds is 11. The summed E-state index contributed by atoms with van der Waals surface area (Å²) >= 11 is 6.01. The van der Waals surface area contributed by atoms with Crippen LogP contribution in [0.25, 0.3) is 0 Å². The van der Waals surface area contributed by atoms with Gasteiger partial charge in [0.05, 0.1) is 6.04 Å². The number of hydrogen-bond acceptors (Lipinski definition) is 3.